The summed E-state index contributed by atoms with van der Waals surface area (Å²) in [6.07, 6.45) is 1.55. The fourth-order valence-electron chi connectivity index (χ4n) is 2.82. The van der Waals surface area contributed by atoms with E-state index in [9.17, 15) is 9.18 Å². The van der Waals surface area contributed by atoms with E-state index in [1.54, 1.807) is 30.1 Å². The van der Waals surface area contributed by atoms with Gasteiger partial charge in [-0.3, -0.25) is 9.36 Å². The van der Waals surface area contributed by atoms with E-state index in [1.807, 2.05) is 29.6 Å². The Labute approximate surface area is 153 Å². The Hall–Kier alpha value is -2.99. The summed E-state index contributed by atoms with van der Waals surface area (Å²) in [6.45, 7) is 0.359. The molecule has 0 unspecified atom stereocenters. The summed E-state index contributed by atoms with van der Waals surface area (Å²) in [6, 6.07) is 13.8. The number of nitrogens with zero attached hydrogens (tertiary/aromatic N) is 2. The minimum Gasteiger partial charge on any atom is -0.497 e. The van der Waals surface area contributed by atoms with Gasteiger partial charge in [-0.25, -0.2) is 9.37 Å². The molecule has 0 radical (unpaired) electrons. The molecule has 2 aromatic heterocycles. The van der Waals surface area contributed by atoms with Gasteiger partial charge in [0.15, 0.2) is 0 Å². The first-order valence-electron chi connectivity index (χ1n) is 8.01. The molecule has 2 aromatic carbocycles. The van der Waals surface area contributed by atoms with Crippen LogP contribution in [0.25, 0.3) is 21.3 Å². The second kappa shape index (κ2) is 6.72. The molecule has 0 saturated heterocycles. The molecule has 0 aliphatic carbocycles. The Bertz CT molecular complexity index is 1120. The van der Waals surface area contributed by atoms with Crippen LogP contribution in [0.1, 0.15) is 5.56 Å². The van der Waals surface area contributed by atoms with Gasteiger partial charge in [-0.1, -0.05) is 24.3 Å². The Morgan fingerprint density at radius 3 is 2.54 bits per heavy atom. The van der Waals surface area contributed by atoms with Crippen molar-refractivity contribution >= 4 is 21.6 Å². The number of thiophene rings is 1. The summed E-state index contributed by atoms with van der Waals surface area (Å²) in [7, 11) is 1.63. The number of fused-ring (bicyclic) bond motifs is 1. The normalized spacial score (nSPS) is 11.0. The van der Waals surface area contributed by atoms with Gasteiger partial charge < -0.3 is 4.74 Å². The molecule has 6 heteroatoms. The predicted octanol–water partition coefficient (Wildman–Crippen LogP) is 4.32. The van der Waals surface area contributed by atoms with Crippen molar-refractivity contribution in [3.63, 3.8) is 0 Å². The number of ether oxygens (including phenoxy) is 1. The Balaban J connectivity index is 1.72. The predicted molar refractivity (Wildman–Crippen MR) is 101 cm³/mol. The van der Waals surface area contributed by atoms with E-state index in [1.165, 1.54) is 23.5 Å². The standard InChI is InChI=1S/C20H15FN2O2S/c1-25-16-8-4-14(5-9-16)17-11-26-19-18(17)22-12-23(20(19)24)10-13-2-6-15(21)7-3-13/h2-9,11-12H,10H2,1H3. The second-order valence-electron chi connectivity index (χ2n) is 5.86. The highest BCUT2D eigenvalue weighted by atomic mass is 32.1. The highest BCUT2D eigenvalue weighted by Gasteiger charge is 2.13. The number of methoxy groups -OCH3 is 1. The van der Waals surface area contributed by atoms with Crippen LogP contribution in [0.4, 0.5) is 4.39 Å². The van der Waals surface area contributed by atoms with Crippen molar-refractivity contribution in [2.24, 2.45) is 0 Å². The number of halogens is 1. The summed E-state index contributed by atoms with van der Waals surface area (Å²) in [5.41, 5.74) is 3.37. The van der Waals surface area contributed by atoms with Gasteiger partial charge in [-0.2, -0.15) is 0 Å². The average Bonchev–Trinajstić information content (AvgIpc) is 3.11. The number of hydrogen-bond donors (Lipinski definition) is 0. The van der Waals surface area contributed by atoms with Crippen molar-refractivity contribution in [1.29, 1.82) is 0 Å². The van der Waals surface area contributed by atoms with Crippen LogP contribution in [-0.4, -0.2) is 16.7 Å². The molecule has 0 bridgehead atoms. The Morgan fingerprint density at radius 1 is 1.12 bits per heavy atom. The summed E-state index contributed by atoms with van der Waals surface area (Å²) in [5.74, 6) is 0.486. The number of hydrogen-bond acceptors (Lipinski definition) is 4. The SMILES string of the molecule is COc1ccc(-c2csc3c(=O)n(Cc4ccc(F)cc4)cnc23)cc1. The van der Waals surface area contributed by atoms with Gasteiger partial charge >= 0.3 is 0 Å². The third kappa shape index (κ3) is 2.99. The van der Waals surface area contributed by atoms with Crippen molar-refractivity contribution in [3.8, 4) is 16.9 Å². The molecule has 4 nitrogen and oxygen atoms in total. The van der Waals surface area contributed by atoms with E-state index in [0.29, 0.717) is 16.8 Å². The fourth-order valence-corrected chi connectivity index (χ4v) is 3.79. The molecule has 0 aliphatic heterocycles. The van der Waals surface area contributed by atoms with Crippen molar-refractivity contribution in [1.82, 2.24) is 9.55 Å². The largest absolute Gasteiger partial charge is 0.497 e. The lowest BCUT2D eigenvalue weighted by Crippen LogP contribution is -2.20. The lowest BCUT2D eigenvalue weighted by molar-refractivity contribution is 0.415. The van der Waals surface area contributed by atoms with Crippen molar-refractivity contribution in [3.05, 3.63) is 82.0 Å². The van der Waals surface area contributed by atoms with Gasteiger partial charge in [-0.05, 0) is 35.4 Å². The van der Waals surface area contributed by atoms with Crippen LogP contribution < -0.4 is 10.3 Å². The zero-order valence-electron chi connectivity index (χ0n) is 14.0. The zero-order chi connectivity index (χ0) is 18.1. The molecule has 0 aliphatic rings. The maximum absolute atomic E-state index is 13.0. The molecule has 0 atom stereocenters. The van der Waals surface area contributed by atoms with E-state index in [4.69, 9.17) is 4.74 Å². The summed E-state index contributed by atoms with van der Waals surface area (Å²) in [4.78, 5) is 17.3. The first-order chi connectivity index (χ1) is 12.7. The molecule has 26 heavy (non-hydrogen) atoms. The summed E-state index contributed by atoms with van der Waals surface area (Å²) in [5, 5.41) is 1.95. The first-order valence-corrected chi connectivity index (χ1v) is 8.89. The van der Waals surface area contributed by atoms with Crippen LogP contribution in [-0.2, 0) is 6.54 Å². The number of benzene rings is 2. The van der Waals surface area contributed by atoms with Gasteiger partial charge in [-0.15, -0.1) is 11.3 Å². The lowest BCUT2D eigenvalue weighted by Gasteiger charge is -2.06. The topological polar surface area (TPSA) is 44.1 Å². The Kier molecular flexibility index (Phi) is 4.26. The van der Waals surface area contributed by atoms with Crippen LogP contribution in [0.2, 0.25) is 0 Å². The maximum Gasteiger partial charge on any atom is 0.271 e. The quantitative estimate of drug-likeness (QED) is 0.540. The van der Waals surface area contributed by atoms with E-state index >= 15 is 0 Å². The van der Waals surface area contributed by atoms with E-state index in [-0.39, 0.29) is 11.4 Å². The molecule has 2 heterocycles. The first kappa shape index (κ1) is 16.5. The molecule has 0 spiro atoms. The molecule has 4 rings (SSSR count). The van der Waals surface area contributed by atoms with E-state index in [2.05, 4.69) is 4.98 Å². The average molecular weight is 366 g/mol. The van der Waals surface area contributed by atoms with Crippen molar-refractivity contribution in [2.45, 2.75) is 6.54 Å². The van der Waals surface area contributed by atoms with Gasteiger partial charge in [0.2, 0.25) is 0 Å². The van der Waals surface area contributed by atoms with Gasteiger partial charge in [0.05, 0.1) is 25.5 Å². The van der Waals surface area contributed by atoms with E-state index < -0.39 is 0 Å². The van der Waals surface area contributed by atoms with Crippen LogP contribution in [0.15, 0.2) is 65.0 Å². The van der Waals surface area contributed by atoms with Gasteiger partial charge in [0, 0.05) is 10.9 Å². The minimum atomic E-state index is -0.294. The fraction of sp³-hybridized carbons (Fsp3) is 0.100. The number of rotatable bonds is 4. The van der Waals surface area contributed by atoms with Crippen LogP contribution in [0.5, 0.6) is 5.75 Å². The minimum absolute atomic E-state index is 0.0934. The van der Waals surface area contributed by atoms with Gasteiger partial charge in [0.25, 0.3) is 5.56 Å². The maximum atomic E-state index is 13.0. The molecular formula is C20H15FN2O2S. The lowest BCUT2D eigenvalue weighted by atomic mass is 10.1. The second-order valence-corrected chi connectivity index (χ2v) is 6.74. The third-order valence-electron chi connectivity index (χ3n) is 4.21. The molecular weight excluding hydrogens is 351 g/mol. The summed E-state index contributed by atoms with van der Waals surface area (Å²) >= 11 is 1.39. The molecule has 0 amide bonds. The Morgan fingerprint density at radius 2 is 1.85 bits per heavy atom. The molecule has 4 aromatic rings. The highest BCUT2D eigenvalue weighted by molar-refractivity contribution is 7.17. The molecule has 0 N–H and O–H groups in total. The van der Waals surface area contributed by atoms with Crippen LogP contribution >= 0.6 is 11.3 Å². The van der Waals surface area contributed by atoms with E-state index in [0.717, 1.165) is 22.4 Å². The van der Waals surface area contributed by atoms with Crippen LogP contribution in [0.3, 0.4) is 0 Å². The van der Waals surface area contributed by atoms with Crippen LogP contribution in [0, 0.1) is 5.82 Å². The van der Waals surface area contributed by atoms with Crippen molar-refractivity contribution in [2.75, 3.05) is 7.11 Å². The molecule has 0 saturated carbocycles. The molecule has 0 fully saturated rings. The van der Waals surface area contributed by atoms with Crippen molar-refractivity contribution < 1.29 is 9.13 Å². The number of aromatic nitrogens is 2. The van der Waals surface area contributed by atoms with Gasteiger partial charge in [0.1, 0.15) is 16.3 Å². The summed E-state index contributed by atoms with van der Waals surface area (Å²) < 4.78 is 20.4. The monoisotopic (exact) mass is 366 g/mol. The highest BCUT2D eigenvalue weighted by Crippen LogP contribution is 2.31. The third-order valence-corrected chi connectivity index (χ3v) is 5.17. The molecule has 130 valence electrons. The smallest absolute Gasteiger partial charge is 0.271 e. The zero-order valence-corrected chi connectivity index (χ0v) is 14.8.